The highest BCUT2D eigenvalue weighted by molar-refractivity contribution is 6.09. The smallest absolute Gasteiger partial charge is 0.303 e. The predicted molar refractivity (Wildman–Crippen MR) is 125 cm³/mol. The van der Waals surface area contributed by atoms with Crippen LogP contribution in [0.5, 0.6) is 5.75 Å². The Hall–Kier alpha value is -3.27. The van der Waals surface area contributed by atoms with Gasteiger partial charge in [-0.1, -0.05) is 36.4 Å². The summed E-state index contributed by atoms with van der Waals surface area (Å²) < 4.78 is 11.3. The average Bonchev–Trinajstić information content (AvgIpc) is 2.83. The van der Waals surface area contributed by atoms with Crippen molar-refractivity contribution in [2.45, 2.75) is 25.0 Å². The minimum absolute atomic E-state index is 0.0933. The topological polar surface area (TPSA) is 135 Å². The lowest BCUT2D eigenvalue weighted by Gasteiger charge is -2.41. The lowest BCUT2D eigenvalue weighted by atomic mass is 9.82. The summed E-state index contributed by atoms with van der Waals surface area (Å²) in [6.07, 6.45) is 2.08. The monoisotopic (exact) mass is 467 g/mol. The van der Waals surface area contributed by atoms with Crippen molar-refractivity contribution in [3.8, 4) is 5.75 Å². The molecule has 180 valence electrons. The maximum Gasteiger partial charge on any atom is 0.303 e. The Morgan fingerprint density at radius 2 is 1.85 bits per heavy atom. The molecule has 1 saturated heterocycles. The second kappa shape index (κ2) is 10.3. The van der Waals surface area contributed by atoms with Crippen molar-refractivity contribution in [1.82, 2.24) is 5.01 Å². The summed E-state index contributed by atoms with van der Waals surface area (Å²) in [5.41, 5.74) is 7.69. The van der Waals surface area contributed by atoms with Gasteiger partial charge in [0.2, 0.25) is 0 Å². The van der Waals surface area contributed by atoms with Crippen LogP contribution in [0, 0.1) is 5.92 Å². The Labute approximate surface area is 197 Å². The molecule has 0 aromatic heterocycles. The number of ketones is 1. The van der Waals surface area contributed by atoms with Gasteiger partial charge in [0, 0.05) is 30.1 Å². The second-order valence-corrected chi connectivity index (χ2v) is 8.61. The predicted octanol–water partition coefficient (Wildman–Crippen LogP) is 1.65. The number of fused-ring (bicyclic) bond motifs is 1. The Balaban J connectivity index is 1.49. The molecule has 1 fully saturated rings. The normalized spacial score (nSPS) is 22.3. The van der Waals surface area contributed by atoms with Gasteiger partial charge in [0.15, 0.2) is 11.5 Å². The van der Waals surface area contributed by atoms with E-state index in [0.29, 0.717) is 36.5 Å². The zero-order valence-electron chi connectivity index (χ0n) is 18.9. The molecule has 2 aromatic rings. The number of carbonyl (C=O) groups excluding carboxylic acids is 1. The van der Waals surface area contributed by atoms with Crippen LogP contribution >= 0.6 is 0 Å². The van der Waals surface area contributed by atoms with Crippen LogP contribution in [0.4, 0.5) is 0 Å². The molecule has 0 radical (unpaired) electrons. The maximum absolute atomic E-state index is 13.1. The molecule has 4 N–H and O–H groups in total. The minimum Gasteiger partial charge on any atom is -0.481 e. The molecule has 0 aliphatic carbocycles. The number of ether oxygens (including phenoxy) is 2. The summed E-state index contributed by atoms with van der Waals surface area (Å²) in [6.45, 7) is 2.61. The fourth-order valence-corrected chi connectivity index (χ4v) is 4.28. The summed E-state index contributed by atoms with van der Waals surface area (Å²) in [5.74, 6) is -1.19. The Bertz CT molecular complexity index is 1060. The molecule has 0 saturated carbocycles. The number of hydrogen-bond acceptors (Lipinski definition) is 8. The van der Waals surface area contributed by atoms with E-state index in [0.717, 1.165) is 24.2 Å². The molecule has 2 unspecified atom stereocenters. The molecule has 0 amide bonds. The highest BCUT2D eigenvalue weighted by atomic mass is 16.5. The van der Waals surface area contributed by atoms with E-state index in [4.69, 9.17) is 15.2 Å². The third kappa shape index (κ3) is 5.44. The zero-order valence-corrected chi connectivity index (χ0v) is 18.9. The van der Waals surface area contributed by atoms with E-state index in [1.165, 1.54) is 0 Å². The van der Waals surface area contributed by atoms with E-state index in [-0.39, 0.29) is 25.2 Å². The summed E-state index contributed by atoms with van der Waals surface area (Å²) >= 11 is 0. The number of carbonyl (C=O) groups is 2. The number of aliphatic carboxylic acids is 1. The Morgan fingerprint density at radius 1 is 1.15 bits per heavy atom. The lowest BCUT2D eigenvalue weighted by Crippen LogP contribution is -2.56. The molecular formula is C25H29N3O6. The van der Waals surface area contributed by atoms with Gasteiger partial charge in [-0.2, -0.15) is 5.10 Å². The van der Waals surface area contributed by atoms with Gasteiger partial charge in [0.25, 0.3) is 0 Å². The average molecular weight is 468 g/mol. The zero-order chi connectivity index (χ0) is 24.1. The molecule has 0 spiro atoms. The first-order valence-electron chi connectivity index (χ1n) is 11.3. The number of hydrogen-bond donors (Lipinski definition) is 3. The number of benzene rings is 2. The van der Waals surface area contributed by atoms with E-state index in [9.17, 15) is 19.8 Å². The van der Waals surface area contributed by atoms with E-state index >= 15 is 0 Å². The van der Waals surface area contributed by atoms with E-state index in [1.807, 2.05) is 17.1 Å². The van der Waals surface area contributed by atoms with E-state index < -0.39 is 17.6 Å². The molecule has 2 heterocycles. The van der Waals surface area contributed by atoms with Gasteiger partial charge < -0.3 is 19.7 Å². The van der Waals surface area contributed by atoms with Gasteiger partial charge in [0.05, 0.1) is 38.9 Å². The largest absolute Gasteiger partial charge is 0.481 e. The van der Waals surface area contributed by atoms with Crippen LogP contribution in [0.15, 0.2) is 47.6 Å². The first kappa shape index (κ1) is 23.9. The van der Waals surface area contributed by atoms with Crippen LogP contribution < -0.4 is 10.5 Å². The van der Waals surface area contributed by atoms with Gasteiger partial charge in [0.1, 0.15) is 5.75 Å². The minimum atomic E-state index is -1.32. The molecule has 9 nitrogen and oxygen atoms in total. The molecule has 2 aliphatic heterocycles. The molecular weight excluding hydrogens is 438 g/mol. The van der Waals surface area contributed by atoms with Crippen LogP contribution in [0.3, 0.4) is 0 Å². The van der Waals surface area contributed by atoms with Gasteiger partial charge >= 0.3 is 5.97 Å². The first-order chi connectivity index (χ1) is 16.4. The number of rotatable bonds is 8. The third-order valence-corrected chi connectivity index (χ3v) is 6.24. The Morgan fingerprint density at radius 3 is 2.53 bits per heavy atom. The highest BCUT2D eigenvalue weighted by Crippen LogP contribution is 2.38. The van der Waals surface area contributed by atoms with Crippen molar-refractivity contribution in [2.75, 3.05) is 32.9 Å². The highest BCUT2D eigenvalue weighted by Gasteiger charge is 2.42. The summed E-state index contributed by atoms with van der Waals surface area (Å²) in [7, 11) is 0. The van der Waals surface area contributed by atoms with E-state index in [1.54, 1.807) is 36.5 Å². The molecule has 0 bridgehead atoms. The van der Waals surface area contributed by atoms with Crippen molar-refractivity contribution in [1.29, 1.82) is 0 Å². The number of nitrogens with two attached hydrogens (primary N) is 1. The van der Waals surface area contributed by atoms with Crippen molar-refractivity contribution in [3.05, 3.63) is 64.7 Å². The molecule has 2 aliphatic rings. The van der Waals surface area contributed by atoms with Crippen LogP contribution in [0.2, 0.25) is 0 Å². The van der Waals surface area contributed by atoms with Gasteiger partial charge in [-0.3, -0.25) is 20.3 Å². The van der Waals surface area contributed by atoms with Crippen molar-refractivity contribution < 1.29 is 29.3 Å². The van der Waals surface area contributed by atoms with Gasteiger partial charge in [-0.15, -0.1) is 0 Å². The van der Waals surface area contributed by atoms with Crippen LogP contribution in [0.25, 0.3) is 0 Å². The van der Waals surface area contributed by atoms with Crippen molar-refractivity contribution in [3.63, 3.8) is 0 Å². The van der Waals surface area contributed by atoms with Crippen molar-refractivity contribution in [2.24, 2.45) is 16.8 Å². The molecule has 9 heteroatoms. The number of morpholine rings is 1. The van der Waals surface area contributed by atoms with Gasteiger partial charge in [-0.05, 0) is 23.6 Å². The number of aliphatic hydroxyl groups excluding tert-OH is 1. The first-order valence-corrected chi connectivity index (χ1v) is 11.3. The van der Waals surface area contributed by atoms with Crippen LogP contribution in [0.1, 0.15) is 39.9 Å². The molecule has 2 atom stereocenters. The number of nitrogens with zero attached hydrogens (tertiary/aromatic N) is 2. The lowest BCUT2D eigenvalue weighted by molar-refractivity contribution is -0.141. The quantitative estimate of drug-likeness (QED) is 0.394. The van der Waals surface area contributed by atoms with E-state index in [2.05, 4.69) is 5.10 Å². The number of aliphatic hydroxyl groups is 1. The number of hydrazone groups is 1. The number of carboxylic acid groups (broad SMARTS) is 1. The summed E-state index contributed by atoms with van der Waals surface area (Å²) in [4.78, 5) is 24.4. The van der Waals surface area contributed by atoms with Crippen molar-refractivity contribution >= 4 is 18.0 Å². The fraction of sp³-hybridized carbons (Fsp3) is 0.400. The summed E-state index contributed by atoms with van der Waals surface area (Å²) in [5, 5.41) is 25.1. The van der Waals surface area contributed by atoms with Crippen LogP contribution in [-0.2, 0) is 16.0 Å². The van der Waals surface area contributed by atoms with Gasteiger partial charge in [-0.25, -0.2) is 0 Å². The standard InChI is InChI=1S/C25H29N3O6/c26-25(7-10-29)21(15-23(30)31)13-19-5-6-20(14-22(19)34-25)24(32)18-3-1-17(2-4-18)16-27-28-8-11-33-12-9-28/h1-6,14,16,21,29H,7-13,15,26H2,(H,30,31). The summed E-state index contributed by atoms with van der Waals surface area (Å²) in [6, 6.07) is 12.3. The SMILES string of the molecule is NC1(CCO)Oc2cc(C(=O)c3ccc(C=NN4CCOCC4)cc3)ccc2CC1CC(=O)O. The molecule has 2 aromatic carbocycles. The molecule has 34 heavy (non-hydrogen) atoms. The molecule has 4 rings (SSSR count). The maximum atomic E-state index is 13.1. The van der Waals surface area contributed by atoms with Crippen LogP contribution in [-0.4, -0.2) is 71.8 Å². The Kier molecular flexibility index (Phi) is 7.26. The number of carboxylic acids is 1. The second-order valence-electron chi connectivity index (χ2n) is 8.61. The third-order valence-electron chi connectivity index (χ3n) is 6.24. The fourth-order valence-electron chi connectivity index (χ4n) is 4.28.